The number of carbonyl (C=O) groups excluding carboxylic acids is 1. The number of imidazole rings is 1. The minimum atomic E-state index is -0.545. The van der Waals surface area contributed by atoms with Crippen molar-refractivity contribution in [2.45, 2.75) is 26.2 Å². The monoisotopic (exact) mass is 375 g/mol. The van der Waals surface area contributed by atoms with Crippen molar-refractivity contribution >= 4 is 40.8 Å². The van der Waals surface area contributed by atoms with Crippen LogP contribution in [0, 0.1) is 0 Å². The summed E-state index contributed by atoms with van der Waals surface area (Å²) in [4.78, 5) is 15.8. The second-order valence-corrected chi connectivity index (χ2v) is 6.15. The molecule has 23 heavy (non-hydrogen) atoms. The average molecular weight is 377 g/mol. The van der Waals surface area contributed by atoms with Crippen LogP contribution in [0.5, 0.6) is 5.75 Å². The number of aromatic nitrogens is 2. The van der Waals surface area contributed by atoms with E-state index in [-0.39, 0.29) is 0 Å². The quantitative estimate of drug-likeness (QED) is 0.815. The average Bonchev–Trinajstić information content (AvgIpc) is 2.85. The zero-order valence-electron chi connectivity index (χ0n) is 12.5. The fraction of sp³-hybridized carbons (Fsp3) is 0.333. The normalized spacial score (nSPS) is 10.8. The van der Waals surface area contributed by atoms with Gasteiger partial charge >= 0.3 is 6.03 Å². The number of aryl methyl sites for hydroxylation is 1. The molecule has 2 N–H and O–H groups in total. The van der Waals surface area contributed by atoms with Gasteiger partial charge in [-0.25, -0.2) is 9.78 Å². The van der Waals surface area contributed by atoms with Gasteiger partial charge in [-0.1, -0.05) is 41.7 Å². The number of halogens is 3. The SMILES string of the molecule is CCCc1nc(CCOc2c(Cl)cc(Cl)cc2Cl)cn1C(N)=O. The fourth-order valence-corrected chi connectivity index (χ4v) is 3.03. The van der Waals surface area contributed by atoms with E-state index >= 15 is 0 Å². The lowest BCUT2D eigenvalue weighted by atomic mass is 10.3. The first-order chi connectivity index (χ1) is 10.9. The Morgan fingerprint density at radius 1 is 1.26 bits per heavy atom. The van der Waals surface area contributed by atoms with Gasteiger partial charge in [-0.05, 0) is 18.6 Å². The Morgan fingerprint density at radius 2 is 1.91 bits per heavy atom. The van der Waals surface area contributed by atoms with Crippen molar-refractivity contribution in [3.8, 4) is 5.75 Å². The standard InChI is InChI=1S/C15H16Cl3N3O2/c1-2-3-13-20-10(8-21(13)15(19)22)4-5-23-14-11(17)6-9(16)7-12(14)18/h6-8H,2-5H2,1H3,(H2,19,22). The molecular formula is C15H16Cl3N3O2. The number of benzene rings is 1. The Balaban J connectivity index is 2.04. The van der Waals surface area contributed by atoms with E-state index in [1.165, 1.54) is 4.57 Å². The number of primary amides is 1. The summed E-state index contributed by atoms with van der Waals surface area (Å²) in [5.41, 5.74) is 6.05. The molecule has 1 aromatic heterocycles. The molecule has 0 saturated heterocycles. The lowest BCUT2D eigenvalue weighted by Crippen LogP contribution is -2.21. The molecule has 0 aliphatic rings. The number of nitrogens with zero attached hydrogens (tertiary/aromatic N) is 2. The molecule has 8 heteroatoms. The van der Waals surface area contributed by atoms with Crippen molar-refractivity contribution in [3.63, 3.8) is 0 Å². The third-order valence-electron chi connectivity index (χ3n) is 3.11. The summed E-state index contributed by atoms with van der Waals surface area (Å²) in [6.45, 7) is 2.32. The maximum atomic E-state index is 11.4. The van der Waals surface area contributed by atoms with Gasteiger partial charge in [0.15, 0.2) is 5.75 Å². The third kappa shape index (κ3) is 4.53. The predicted octanol–water partition coefficient (Wildman–Crippen LogP) is 4.34. The lowest BCUT2D eigenvalue weighted by Gasteiger charge is -2.09. The highest BCUT2D eigenvalue weighted by Crippen LogP contribution is 2.35. The molecule has 0 bridgehead atoms. The van der Waals surface area contributed by atoms with Crippen LogP contribution >= 0.6 is 34.8 Å². The molecule has 2 aromatic rings. The van der Waals surface area contributed by atoms with Gasteiger partial charge in [0.05, 0.1) is 22.3 Å². The van der Waals surface area contributed by atoms with E-state index in [9.17, 15) is 4.79 Å². The molecular weight excluding hydrogens is 361 g/mol. The van der Waals surface area contributed by atoms with Gasteiger partial charge in [-0.15, -0.1) is 0 Å². The van der Waals surface area contributed by atoms with E-state index in [0.29, 0.717) is 51.8 Å². The molecule has 0 spiro atoms. The van der Waals surface area contributed by atoms with E-state index in [1.807, 2.05) is 6.92 Å². The van der Waals surface area contributed by atoms with Crippen molar-refractivity contribution in [2.75, 3.05) is 6.61 Å². The van der Waals surface area contributed by atoms with Gasteiger partial charge in [0.1, 0.15) is 5.82 Å². The Hall–Kier alpha value is -1.43. The number of amides is 1. The molecule has 0 fully saturated rings. The van der Waals surface area contributed by atoms with Gasteiger partial charge in [0.25, 0.3) is 0 Å². The summed E-state index contributed by atoms with van der Waals surface area (Å²) in [5.74, 6) is 1.03. The van der Waals surface area contributed by atoms with E-state index < -0.39 is 6.03 Å². The summed E-state index contributed by atoms with van der Waals surface area (Å²) < 4.78 is 6.97. The van der Waals surface area contributed by atoms with Crippen LogP contribution in [-0.4, -0.2) is 22.2 Å². The second-order valence-electron chi connectivity index (χ2n) is 4.90. The molecule has 0 aliphatic carbocycles. The highest BCUT2D eigenvalue weighted by molar-refractivity contribution is 6.40. The number of ether oxygens (including phenoxy) is 1. The van der Waals surface area contributed by atoms with Crippen molar-refractivity contribution in [1.29, 1.82) is 0 Å². The molecule has 124 valence electrons. The molecule has 0 aliphatic heterocycles. The summed E-state index contributed by atoms with van der Waals surface area (Å²) in [7, 11) is 0. The first-order valence-corrected chi connectivity index (χ1v) is 8.20. The summed E-state index contributed by atoms with van der Waals surface area (Å²) in [6.07, 6.45) is 3.67. The Kier molecular flexibility index (Phi) is 6.16. The topological polar surface area (TPSA) is 70.1 Å². The molecule has 2 rings (SSSR count). The van der Waals surface area contributed by atoms with Gasteiger partial charge in [0, 0.05) is 24.1 Å². The smallest absolute Gasteiger partial charge is 0.324 e. The Morgan fingerprint density at radius 3 is 2.48 bits per heavy atom. The van der Waals surface area contributed by atoms with E-state index in [0.717, 1.165) is 6.42 Å². The van der Waals surface area contributed by atoms with Gasteiger partial charge in [-0.2, -0.15) is 0 Å². The molecule has 0 saturated carbocycles. The minimum absolute atomic E-state index is 0.308. The highest BCUT2D eigenvalue weighted by atomic mass is 35.5. The molecule has 0 radical (unpaired) electrons. The number of nitrogens with two attached hydrogens (primary N) is 1. The van der Waals surface area contributed by atoms with E-state index in [4.69, 9.17) is 45.3 Å². The van der Waals surface area contributed by atoms with Gasteiger partial charge < -0.3 is 10.5 Å². The molecule has 0 atom stereocenters. The first kappa shape index (κ1) is 17.9. The van der Waals surface area contributed by atoms with Crippen LogP contribution in [0.1, 0.15) is 24.9 Å². The van der Waals surface area contributed by atoms with Crippen LogP contribution in [-0.2, 0) is 12.8 Å². The molecule has 0 unspecified atom stereocenters. The van der Waals surface area contributed by atoms with Crippen LogP contribution in [0.25, 0.3) is 0 Å². The number of carbonyl (C=O) groups is 1. The van der Waals surface area contributed by atoms with Crippen LogP contribution in [0.4, 0.5) is 4.79 Å². The number of rotatable bonds is 6. The van der Waals surface area contributed by atoms with Crippen LogP contribution in [0.2, 0.25) is 15.1 Å². The highest BCUT2D eigenvalue weighted by Gasteiger charge is 2.13. The molecule has 1 heterocycles. The predicted molar refractivity (Wildman–Crippen MR) is 91.9 cm³/mol. The Labute approximate surface area is 149 Å². The maximum absolute atomic E-state index is 11.4. The van der Waals surface area contributed by atoms with Crippen LogP contribution < -0.4 is 10.5 Å². The van der Waals surface area contributed by atoms with E-state index in [2.05, 4.69) is 4.98 Å². The summed E-state index contributed by atoms with van der Waals surface area (Å²) in [6, 6.07) is 2.58. The van der Waals surface area contributed by atoms with Crippen molar-refractivity contribution in [2.24, 2.45) is 5.73 Å². The second kappa shape index (κ2) is 7.90. The Bertz CT molecular complexity index is 693. The minimum Gasteiger partial charge on any atom is -0.490 e. The van der Waals surface area contributed by atoms with E-state index in [1.54, 1.807) is 18.3 Å². The van der Waals surface area contributed by atoms with Crippen LogP contribution in [0.3, 0.4) is 0 Å². The van der Waals surface area contributed by atoms with Crippen molar-refractivity contribution in [1.82, 2.24) is 9.55 Å². The summed E-state index contributed by atoms with van der Waals surface area (Å²) >= 11 is 18.0. The fourth-order valence-electron chi connectivity index (χ4n) is 2.11. The van der Waals surface area contributed by atoms with Crippen LogP contribution in [0.15, 0.2) is 18.3 Å². The largest absolute Gasteiger partial charge is 0.490 e. The van der Waals surface area contributed by atoms with Crippen molar-refractivity contribution < 1.29 is 9.53 Å². The lowest BCUT2D eigenvalue weighted by molar-refractivity contribution is 0.249. The number of hydrogen-bond donors (Lipinski definition) is 1. The maximum Gasteiger partial charge on any atom is 0.324 e. The third-order valence-corrected chi connectivity index (χ3v) is 3.89. The van der Waals surface area contributed by atoms with Gasteiger partial charge in [-0.3, -0.25) is 4.57 Å². The van der Waals surface area contributed by atoms with Gasteiger partial charge in [0.2, 0.25) is 0 Å². The zero-order chi connectivity index (χ0) is 17.0. The molecule has 1 aromatic carbocycles. The number of hydrogen-bond acceptors (Lipinski definition) is 3. The van der Waals surface area contributed by atoms with Crippen molar-refractivity contribution in [3.05, 3.63) is 44.9 Å². The molecule has 5 nitrogen and oxygen atoms in total. The summed E-state index contributed by atoms with van der Waals surface area (Å²) in [5, 5.41) is 1.13. The molecule has 1 amide bonds. The zero-order valence-corrected chi connectivity index (χ0v) is 14.8. The first-order valence-electron chi connectivity index (χ1n) is 7.06.